The van der Waals surface area contributed by atoms with Gasteiger partial charge in [0.05, 0.1) is 69.7 Å². The molecule has 3 saturated heterocycles. The molecule has 18 atom stereocenters. The van der Waals surface area contributed by atoms with Crippen molar-refractivity contribution in [2.24, 2.45) is 0 Å². The third-order valence-electron chi connectivity index (χ3n) is 11.4. The minimum absolute atomic E-state index is 0.104. The Morgan fingerprint density at radius 2 is 0.714 bits per heavy atom. The first-order valence-electron chi connectivity index (χ1n) is 26.1. The van der Waals surface area contributed by atoms with Crippen molar-refractivity contribution >= 4 is 76.5 Å². The third kappa shape index (κ3) is 33.2. The third-order valence-corrected chi connectivity index (χ3v) is 24.1. The topological polar surface area (TPSA) is 573 Å². The van der Waals surface area contributed by atoms with Gasteiger partial charge in [0.25, 0.3) is 0 Å². The molecular weight excluding hydrogens is 1420 g/mol. The lowest BCUT2D eigenvalue weighted by Gasteiger charge is -2.20. The van der Waals surface area contributed by atoms with Crippen LogP contribution < -0.4 is 5.32 Å². The predicted molar refractivity (Wildman–Crippen MR) is 305 cm³/mol. The van der Waals surface area contributed by atoms with Gasteiger partial charge in [0, 0.05) is 19.3 Å². The monoisotopic (exact) mass is 1490 g/mol. The van der Waals surface area contributed by atoms with Gasteiger partial charge in [-0.05, 0) is 49.4 Å². The second-order valence-electron chi connectivity index (χ2n) is 19.2. The van der Waals surface area contributed by atoms with E-state index in [0.29, 0.717) is 23.1 Å². The number of carbonyl (C=O) groups excluding carboxylic acids is 1. The molecule has 0 aliphatic carbocycles. The van der Waals surface area contributed by atoms with Crippen LogP contribution in [0.1, 0.15) is 69.2 Å². The zero-order valence-electron chi connectivity index (χ0n) is 48.1. The Hall–Kier alpha value is -2.08. The highest BCUT2D eigenvalue weighted by atomic mass is 31.3. The summed E-state index contributed by atoms with van der Waals surface area (Å²) in [4.78, 5) is 97.3. The predicted octanol–water partition coefficient (Wildman–Crippen LogP) is 6.52. The van der Waals surface area contributed by atoms with Crippen LogP contribution in [0.5, 0.6) is 0 Å². The van der Waals surface area contributed by atoms with Crippen LogP contribution >= 0.6 is 70.4 Å². The van der Waals surface area contributed by atoms with Crippen molar-refractivity contribution in [1.29, 1.82) is 0 Å². The number of aliphatic hydroxyl groups is 3. The fraction of sp³-hybridized carbons (Fsp3) is 0.558. The number of hydrogen-bond acceptors (Lipinski definition) is 29. The van der Waals surface area contributed by atoms with E-state index in [1.54, 1.807) is 99.6 Å². The lowest BCUT2D eigenvalue weighted by Crippen LogP contribution is -2.26. The highest BCUT2D eigenvalue weighted by Gasteiger charge is 2.47. The molecule has 3 fully saturated rings. The van der Waals surface area contributed by atoms with Crippen molar-refractivity contribution in [3.63, 3.8) is 0 Å². The highest BCUT2D eigenvalue weighted by Crippen LogP contribution is 2.70. The summed E-state index contributed by atoms with van der Waals surface area (Å²) in [6.45, 7) is 3.02. The van der Waals surface area contributed by atoms with Crippen LogP contribution in [0.15, 0.2) is 84.9 Å². The maximum Gasteiger partial charge on any atom is 0.490 e. The molecule has 0 radical (unpaired) electrons. The van der Waals surface area contributed by atoms with Crippen LogP contribution in [0.4, 0.5) is 4.79 Å². The van der Waals surface area contributed by atoms with Gasteiger partial charge >= 0.3 is 76.5 Å². The molecule has 13 N–H and O–H groups in total. The lowest BCUT2D eigenvalue weighted by molar-refractivity contribution is -0.0168. The van der Waals surface area contributed by atoms with Gasteiger partial charge in [-0.2, -0.15) is 25.9 Å². The normalized spacial score (nSPS) is 27.5. The Labute approximate surface area is 519 Å². The fourth-order valence-corrected chi connectivity index (χ4v) is 17.9. The number of benzene rings is 3. The molecule has 3 aliphatic heterocycles. The smallest absolute Gasteiger partial charge is 0.445 e. The molecule has 3 aromatic carbocycles. The molecule has 0 bridgehead atoms. The maximum atomic E-state index is 11.9. The number of aryl methyl sites for hydroxylation is 1. The van der Waals surface area contributed by atoms with E-state index in [1.165, 1.54) is 0 Å². The summed E-state index contributed by atoms with van der Waals surface area (Å²) in [6, 6.07) is 23.5. The summed E-state index contributed by atoms with van der Waals surface area (Å²) >= 11 is 0. The lowest BCUT2D eigenvalue weighted by atomic mass is 10.1. The van der Waals surface area contributed by atoms with Crippen LogP contribution in [0, 0.1) is 0 Å². The summed E-state index contributed by atoms with van der Waals surface area (Å²) in [7, 11) is -48.0. The van der Waals surface area contributed by atoms with Crippen molar-refractivity contribution in [3.8, 4) is 0 Å². The fourth-order valence-electron chi connectivity index (χ4n) is 7.50. The van der Waals surface area contributed by atoms with E-state index in [2.05, 4.69) is 53.0 Å². The first kappa shape index (κ1) is 81.3. The number of aliphatic hydroxyl groups excluding tert-OH is 3. The average molecular weight is 1490 g/mol. The summed E-state index contributed by atoms with van der Waals surface area (Å²) < 4.78 is 178. The Balaban J connectivity index is 0.000000292. The van der Waals surface area contributed by atoms with E-state index in [9.17, 15) is 105 Å². The minimum atomic E-state index is -5.66. The quantitative estimate of drug-likeness (QED) is 0.0228. The molecule has 3 aromatic rings. The maximum absolute atomic E-state index is 11.9. The van der Waals surface area contributed by atoms with Gasteiger partial charge in [-0.15, -0.1) is 0 Å². The number of rotatable bonds is 33. The number of nitrogens with one attached hydrogen (secondary N) is 1. The van der Waals surface area contributed by atoms with Gasteiger partial charge in [-0.25, -0.2) is 45.9 Å². The van der Waals surface area contributed by atoms with E-state index < -0.39 is 153 Å². The van der Waals surface area contributed by atoms with Crippen molar-refractivity contribution in [1.82, 2.24) is 5.32 Å². The van der Waals surface area contributed by atoms with Gasteiger partial charge in [0.2, 0.25) is 0 Å². The second kappa shape index (κ2) is 36.0. The van der Waals surface area contributed by atoms with Gasteiger partial charge < -0.3 is 78.3 Å². The average Bonchev–Trinajstić information content (AvgIpc) is 1.36. The SMILES string of the molecule is CCc1cccc(COP(=O)(O)OP(=O)(O)OP(=O)(O)OC[C@H]2O[C@@H](C)C[C@H]2O)c1.C[C@H]1C[C@@H](O)[C@@H](COP(=O)(O)OP(=O)(O)OP(=O)(O)OCNC(=O)OCc2ccccc2)O1.C[C@H]1C[C@@H](O)[C@@H](COP(=O)(O)OP(=O)(O)OP(=O)(O)OCc2ccccc2)O1. The molecule has 48 heteroatoms. The molecule has 9 unspecified atom stereocenters. The van der Waals surface area contributed by atoms with Crippen molar-refractivity contribution in [2.75, 3.05) is 26.6 Å². The van der Waals surface area contributed by atoms with E-state index in [1.807, 2.05) is 18.3 Å². The summed E-state index contributed by atoms with van der Waals surface area (Å²) in [5, 5.41) is 31.0. The van der Waals surface area contributed by atoms with Crippen molar-refractivity contribution in [3.05, 3.63) is 107 Å². The van der Waals surface area contributed by atoms with Crippen LogP contribution in [0.3, 0.4) is 0 Å². The van der Waals surface area contributed by atoms with E-state index in [0.717, 1.165) is 5.56 Å². The van der Waals surface area contributed by atoms with Crippen LogP contribution in [-0.2, 0) is 139 Å². The Morgan fingerprint density at radius 3 is 1.04 bits per heavy atom. The summed E-state index contributed by atoms with van der Waals surface area (Å²) in [6.07, 6.45) is -6.32. The molecule has 0 spiro atoms. The van der Waals surface area contributed by atoms with Gasteiger partial charge in [-0.3, -0.25) is 32.5 Å². The largest absolute Gasteiger partial charge is 0.490 e. The molecule has 0 aromatic heterocycles. The first-order valence-corrected chi connectivity index (χ1v) is 39.6. The molecular formula is C43H70NO38P9. The second-order valence-corrected chi connectivity index (χ2v) is 33.1. The Morgan fingerprint density at radius 1 is 0.418 bits per heavy atom. The molecule has 3 heterocycles. The van der Waals surface area contributed by atoms with E-state index >= 15 is 0 Å². The molecule has 39 nitrogen and oxygen atoms in total. The van der Waals surface area contributed by atoms with Gasteiger partial charge in [0.15, 0.2) is 0 Å². The number of alkyl carbamates (subject to hydrolysis) is 1. The number of amides is 1. The summed E-state index contributed by atoms with van der Waals surface area (Å²) in [5.74, 6) is 0. The summed E-state index contributed by atoms with van der Waals surface area (Å²) in [5.41, 5.74) is 2.57. The zero-order valence-corrected chi connectivity index (χ0v) is 56.1. The Kier molecular flexibility index (Phi) is 32.1. The molecule has 520 valence electrons. The van der Waals surface area contributed by atoms with Crippen LogP contribution in [-0.4, -0.2) is 147 Å². The molecule has 91 heavy (non-hydrogen) atoms. The standard InChI is InChI=1S/C15H24NO14P3.C15H25O12P3.C13H21O12P3/c1-11-7-13(17)14(28-11)9-26-31(19,20)29-33(23,24)30-32(21,22)27-10-16-15(18)25-8-12-5-3-2-4-6-12;1-3-12-5-4-6-13(8-12)9-23-28(17,18)26-30(21,22)27-29(19,20)24-10-15-14(16)7-11(2)25-15;1-10-7-12(14)13(23-10)9-22-27(17,18)25-28(19,20)24-26(15,16)21-8-11-5-3-2-4-6-11/h2-6,11,13-14,17H,7-10H2,1H3,(H,16,18)(H,19,20)(H,21,22)(H,23,24);4-6,8,11,14-16H,3,7,9-10H2,1-2H3,(H,17,18)(H,19,20)(H,21,22);2-6,10,12-14H,7-9H2,1H3,(H,15,16)(H,17,18)(H,19,20)/t11-,13+,14+;11-,14+,15+;10-,12+,13+/m000/s1. The van der Waals surface area contributed by atoms with E-state index in [-0.39, 0.29) is 44.2 Å². The minimum Gasteiger partial charge on any atom is -0.445 e. The van der Waals surface area contributed by atoms with Crippen molar-refractivity contribution < 1.29 is 177 Å². The number of hydrogen-bond donors (Lipinski definition) is 13. The van der Waals surface area contributed by atoms with Crippen molar-refractivity contribution in [2.45, 2.75) is 128 Å². The van der Waals surface area contributed by atoms with Crippen LogP contribution in [0.25, 0.3) is 0 Å². The molecule has 3 aliphatic rings. The van der Waals surface area contributed by atoms with Gasteiger partial charge in [-0.1, -0.05) is 91.9 Å². The van der Waals surface area contributed by atoms with E-state index in [4.69, 9.17) is 18.9 Å². The Bertz CT molecular complexity index is 3240. The number of phosphoric acid groups is 9. The molecule has 6 rings (SSSR count). The van der Waals surface area contributed by atoms with Gasteiger partial charge in [0.1, 0.15) is 31.6 Å². The number of ether oxygens (including phenoxy) is 4. The molecule has 1 amide bonds. The molecule has 0 saturated carbocycles. The highest BCUT2D eigenvalue weighted by molar-refractivity contribution is 7.68. The number of carbonyl (C=O) groups is 1. The number of phosphoric ester groups is 6. The van der Waals surface area contributed by atoms with Crippen LogP contribution in [0.2, 0.25) is 0 Å². The zero-order chi connectivity index (χ0) is 68.3. The first-order chi connectivity index (χ1) is 42.0.